The number of hydrogen-bond donors (Lipinski definition) is 0. The normalized spacial score (nSPS) is 11.5. The zero-order valence-electron chi connectivity index (χ0n) is 6.32. The van der Waals surface area contributed by atoms with Crippen molar-refractivity contribution in [1.82, 2.24) is 0 Å². The molecule has 5 heteroatoms. The fourth-order valence-corrected chi connectivity index (χ4v) is 2.21. The molecule has 0 amide bonds. The molecule has 0 saturated heterocycles. The second-order valence-corrected chi connectivity index (χ2v) is 6.11. The van der Waals surface area contributed by atoms with Gasteiger partial charge in [-0.2, -0.15) is 0 Å². The van der Waals surface area contributed by atoms with Gasteiger partial charge >= 0.3 is 77.0 Å². The molecule has 1 aromatic rings. The Morgan fingerprint density at radius 2 is 1.75 bits per heavy atom. The Kier molecular flexibility index (Phi) is 2.85. The third-order valence-electron chi connectivity index (χ3n) is 1.32. The van der Waals surface area contributed by atoms with Crippen LogP contribution in [0.25, 0.3) is 0 Å². The molecule has 0 aromatic heterocycles. The van der Waals surface area contributed by atoms with Crippen molar-refractivity contribution in [3.8, 4) is 0 Å². The molecule has 0 saturated carbocycles. The van der Waals surface area contributed by atoms with Crippen LogP contribution in [0, 0.1) is 0 Å². The zero-order valence-corrected chi connectivity index (χ0v) is 8.79. The Morgan fingerprint density at radius 1 is 1.25 bits per heavy atom. The Balaban J connectivity index is 3.14. The van der Waals surface area contributed by atoms with Gasteiger partial charge in [0, 0.05) is 0 Å². The van der Waals surface area contributed by atoms with Crippen molar-refractivity contribution in [3.05, 3.63) is 29.3 Å². The van der Waals surface area contributed by atoms with Gasteiger partial charge in [0.05, 0.1) is 0 Å². The van der Waals surface area contributed by atoms with E-state index in [-0.39, 0.29) is 4.46 Å². The molecule has 0 bridgehead atoms. The number of rotatable bonds is 2. The van der Waals surface area contributed by atoms with Crippen LogP contribution in [0.1, 0.15) is 0 Å². The van der Waals surface area contributed by atoms with Gasteiger partial charge in [-0.25, -0.2) is 0 Å². The molecule has 0 fully saturated rings. The van der Waals surface area contributed by atoms with Crippen LogP contribution in [-0.4, -0.2) is 20.1 Å². The number of halogens is 1. The summed E-state index contributed by atoms with van der Waals surface area (Å²) in [5.74, 6) is 0. The summed E-state index contributed by atoms with van der Waals surface area (Å²) in [4.78, 5) is 0. The molecule has 0 N–H and O–H groups in total. The summed E-state index contributed by atoms with van der Waals surface area (Å²) >= 11 is 1.27. The van der Waals surface area contributed by atoms with Crippen LogP contribution in [0.5, 0.6) is 0 Å². The third kappa shape index (κ3) is 2.05. The fourth-order valence-electron chi connectivity index (χ4n) is 0.697. The molecule has 0 radical (unpaired) electrons. The SMILES string of the molecule is CO[Se](=O)(=O)c1ccc(Cl)cc1. The van der Waals surface area contributed by atoms with E-state index in [0.717, 1.165) is 7.11 Å². The van der Waals surface area contributed by atoms with E-state index in [9.17, 15) is 7.67 Å². The van der Waals surface area contributed by atoms with Crippen molar-refractivity contribution in [2.24, 2.45) is 0 Å². The summed E-state index contributed by atoms with van der Waals surface area (Å²) in [5.41, 5.74) is 0. The Labute approximate surface area is 77.3 Å². The molecule has 3 nitrogen and oxygen atoms in total. The fraction of sp³-hybridized carbons (Fsp3) is 0.143. The average molecular weight is 254 g/mol. The van der Waals surface area contributed by atoms with Crippen LogP contribution >= 0.6 is 11.6 Å². The van der Waals surface area contributed by atoms with E-state index in [4.69, 9.17) is 11.6 Å². The monoisotopic (exact) mass is 254 g/mol. The van der Waals surface area contributed by atoms with Crippen LogP contribution < -0.4 is 4.46 Å². The molecule has 0 aliphatic carbocycles. The van der Waals surface area contributed by atoms with Crippen molar-refractivity contribution in [3.63, 3.8) is 0 Å². The molecule has 0 spiro atoms. The maximum atomic E-state index is 11.1. The Hall–Kier alpha value is -0.411. The van der Waals surface area contributed by atoms with Crippen molar-refractivity contribution in [2.45, 2.75) is 0 Å². The Bertz CT molecular complexity index is 355. The van der Waals surface area contributed by atoms with Gasteiger partial charge in [0.2, 0.25) is 0 Å². The maximum absolute atomic E-state index is 11.1. The predicted molar refractivity (Wildman–Crippen MR) is 45.2 cm³/mol. The summed E-state index contributed by atoms with van der Waals surface area (Å²) in [5, 5.41) is 0.502. The molecule has 0 atom stereocenters. The predicted octanol–water partition coefficient (Wildman–Crippen LogP) is 0.993. The van der Waals surface area contributed by atoms with E-state index in [1.54, 1.807) is 0 Å². The molecule has 1 aromatic carbocycles. The van der Waals surface area contributed by atoms with Crippen LogP contribution in [0.4, 0.5) is 0 Å². The van der Waals surface area contributed by atoms with Gasteiger partial charge in [0.25, 0.3) is 0 Å². The molecule has 0 aliphatic rings. The first kappa shape index (κ1) is 9.68. The second-order valence-electron chi connectivity index (χ2n) is 2.07. The minimum absolute atomic E-state index is 0.179. The summed E-state index contributed by atoms with van der Waals surface area (Å²) in [6, 6.07) is 5.87. The van der Waals surface area contributed by atoms with E-state index < -0.39 is 13.0 Å². The molecular formula is C7H7ClO3Se. The summed E-state index contributed by atoms with van der Waals surface area (Å²) in [7, 11) is 1.15. The van der Waals surface area contributed by atoms with Crippen LogP contribution in [0.3, 0.4) is 0 Å². The Morgan fingerprint density at radius 3 is 2.17 bits per heavy atom. The van der Waals surface area contributed by atoms with Crippen LogP contribution in [-0.2, 0) is 11.5 Å². The van der Waals surface area contributed by atoms with Crippen molar-refractivity contribution < 1.29 is 11.5 Å². The van der Waals surface area contributed by atoms with Gasteiger partial charge in [-0.1, -0.05) is 0 Å². The third-order valence-corrected chi connectivity index (χ3v) is 4.28. The molecule has 1 rings (SSSR count). The van der Waals surface area contributed by atoms with Gasteiger partial charge < -0.3 is 0 Å². The van der Waals surface area contributed by atoms with Crippen molar-refractivity contribution in [2.75, 3.05) is 7.11 Å². The van der Waals surface area contributed by atoms with Crippen LogP contribution in [0.15, 0.2) is 24.3 Å². The summed E-state index contributed by atoms with van der Waals surface area (Å²) < 4.78 is 26.8. The number of hydrogen-bond acceptors (Lipinski definition) is 3. The van der Waals surface area contributed by atoms with Crippen molar-refractivity contribution >= 4 is 29.1 Å². The van der Waals surface area contributed by atoms with Gasteiger partial charge in [-0.3, -0.25) is 0 Å². The van der Waals surface area contributed by atoms with Crippen LogP contribution in [0.2, 0.25) is 5.02 Å². The molecule has 0 heterocycles. The minimum atomic E-state index is -4.31. The summed E-state index contributed by atoms with van der Waals surface area (Å²) in [6.45, 7) is 0. The zero-order chi connectivity index (χ0) is 9.19. The molecule has 0 unspecified atom stereocenters. The quantitative estimate of drug-likeness (QED) is 0.739. The van der Waals surface area contributed by atoms with E-state index in [0.29, 0.717) is 5.02 Å². The first-order valence-corrected chi connectivity index (χ1v) is 6.46. The summed E-state index contributed by atoms with van der Waals surface area (Å²) in [6.07, 6.45) is 0. The molecule has 12 heavy (non-hydrogen) atoms. The van der Waals surface area contributed by atoms with E-state index >= 15 is 0 Å². The topological polar surface area (TPSA) is 43.4 Å². The first-order chi connectivity index (χ1) is 5.56. The first-order valence-electron chi connectivity index (χ1n) is 3.12. The van der Waals surface area contributed by atoms with E-state index in [1.807, 2.05) is 0 Å². The molecular weight excluding hydrogens is 246 g/mol. The molecule has 0 aliphatic heterocycles. The van der Waals surface area contributed by atoms with Crippen molar-refractivity contribution in [1.29, 1.82) is 0 Å². The van der Waals surface area contributed by atoms with Gasteiger partial charge in [-0.05, 0) is 0 Å². The number of benzene rings is 1. The van der Waals surface area contributed by atoms with Gasteiger partial charge in [-0.15, -0.1) is 0 Å². The second kappa shape index (κ2) is 3.54. The van der Waals surface area contributed by atoms with Gasteiger partial charge in [0.15, 0.2) is 0 Å². The van der Waals surface area contributed by atoms with E-state index in [2.05, 4.69) is 3.82 Å². The average Bonchev–Trinajstić information content (AvgIpc) is 2.05. The van der Waals surface area contributed by atoms with E-state index in [1.165, 1.54) is 24.3 Å². The standard InChI is InChI=1S/C7H7ClO3Se/c1-11-12(9,10)7-4-2-6(8)3-5-7/h2-5H,1H3. The molecule has 66 valence electrons. The van der Waals surface area contributed by atoms with Gasteiger partial charge in [0.1, 0.15) is 0 Å².